The predicted molar refractivity (Wildman–Crippen MR) is 120 cm³/mol. The van der Waals surface area contributed by atoms with E-state index in [1.807, 2.05) is 30.3 Å². The maximum absolute atomic E-state index is 13.2. The molecule has 1 aromatic heterocycles. The van der Waals surface area contributed by atoms with Crippen molar-refractivity contribution < 1.29 is 14.8 Å². The number of para-hydroxylation sites is 2. The van der Waals surface area contributed by atoms with Crippen molar-refractivity contribution in [3.63, 3.8) is 0 Å². The molecule has 6 heteroatoms. The van der Waals surface area contributed by atoms with E-state index in [0.29, 0.717) is 18.0 Å². The standard InChI is InChI=1S/C24H25N3O2S/c1-18-10-12-19(13-11-18)24(22-9-5-16-30-22)26-17-23(28)27(15-6-14-25)20-7-3-4-8-21(20)29-2/h3-5,7-13,16,24,26H,6,15,17H2,1-2H3/p+1/t24-/m0/s1. The second kappa shape index (κ2) is 10.6. The first-order chi connectivity index (χ1) is 14.6. The van der Waals surface area contributed by atoms with E-state index in [4.69, 9.17) is 10.00 Å². The smallest absolute Gasteiger partial charge is 0.282 e. The highest BCUT2D eigenvalue weighted by molar-refractivity contribution is 7.10. The lowest BCUT2D eigenvalue weighted by molar-refractivity contribution is -0.676. The summed E-state index contributed by atoms with van der Waals surface area (Å²) in [5.74, 6) is 0.570. The molecule has 3 rings (SSSR count). The first-order valence-corrected chi connectivity index (χ1v) is 10.8. The van der Waals surface area contributed by atoms with Crippen LogP contribution in [0.3, 0.4) is 0 Å². The van der Waals surface area contributed by atoms with Gasteiger partial charge in [-0.15, -0.1) is 11.3 Å². The van der Waals surface area contributed by atoms with Gasteiger partial charge < -0.3 is 15.0 Å². The minimum Gasteiger partial charge on any atom is -0.495 e. The number of aryl methyl sites for hydroxylation is 1. The number of amides is 1. The molecule has 0 saturated heterocycles. The van der Waals surface area contributed by atoms with Crippen molar-refractivity contribution in [3.05, 3.63) is 82.0 Å². The van der Waals surface area contributed by atoms with Crippen molar-refractivity contribution in [3.8, 4) is 11.8 Å². The molecule has 0 aliphatic carbocycles. The van der Waals surface area contributed by atoms with Crippen molar-refractivity contribution in [1.29, 1.82) is 5.26 Å². The van der Waals surface area contributed by atoms with E-state index in [1.165, 1.54) is 10.4 Å². The van der Waals surface area contributed by atoms with Crippen LogP contribution in [0.25, 0.3) is 0 Å². The molecule has 0 unspecified atom stereocenters. The molecule has 3 aromatic rings. The van der Waals surface area contributed by atoms with Crippen LogP contribution in [-0.4, -0.2) is 26.1 Å². The Balaban J connectivity index is 1.81. The van der Waals surface area contributed by atoms with Crippen LogP contribution in [0.2, 0.25) is 0 Å². The summed E-state index contributed by atoms with van der Waals surface area (Å²) in [5, 5.41) is 13.2. The molecule has 2 N–H and O–H groups in total. The van der Waals surface area contributed by atoms with E-state index in [-0.39, 0.29) is 24.9 Å². The number of anilines is 1. The maximum Gasteiger partial charge on any atom is 0.282 e. The molecule has 1 atom stereocenters. The summed E-state index contributed by atoms with van der Waals surface area (Å²) in [6.07, 6.45) is 0.260. The average Bonchev–Trinajstić information content (AvgIpc) is 3.30. The summed E-state index contributed by atoms with van der Waals surface area (Å²) in [6.45, 7) is 2.66. The van der Waals surface area contributed by atoms with Crippen LogP contribution in [0.4, 0.5) is 5.69 Å². The summed E-state index contributed by atoms with van der Waals surface area (Å²) >= 11 is 1.69. The molecule has 154 valence electrons. The molecular weight excluding hydrogens is 394 g/mol. The lowest BCUT2D eigenvalue weighted by atomic mass is 10.0. The van der Waals surface area contributed by atoms with Gasteiger partial charge in [0.2, 0.25) is 0 Å². The molecule has 0 aliphatic heterocycles. The number of nitrogens with two attached hydrogens (primary N) is 1. The van der Waals surface area contributed by atoms with Gasteiger partial charge in [0.1, 0.15) is 11.8 Å². The van der Waals surface area contributed by atoms with Crippen molar-refractivity contribution in [2.75, 3.05) is 25.1 Å². The quantitative estimate of drug-likeness (QED) is 0.574. The van der Waals surface area contributed by atoms with E-state index < -0.39 is 0 Å². The number of nitriles is 1. The zero-order valence-corrected chi connectivity index (χ0v) is 18.1. The van der Waals surface area contributed by atoms with Gasteiger partial charge in [-0.1, -0.05) is 48.0 Å². The van der Waals surface area contributed by atoms with Gasteiger partial charge in [0.05, 0.1) is 30.2 Å². The van der Waals surface area contributed by atoms with E-state index in [0.717, 1.165) is 5.56 Å². The van der Waals surface area contributed by atoms with Gasteiger partial charge in [-0.05, 0) is 30.5 Å². The first kappa shape index (κ1) is 21.6. The number of thiophene rings is 1. The second-order valence-corrected chi connectivity index (χ2v) is 7.95. The second-order valence-electron chi connectivity index (χ2n) is 6.97. The molecule has 0 spiro atoms. The van der Waals surface area contributed by atoms with Crippen LogP contribution in [0.1, 0.15) is 28.5 Å². The fraction of sp³-hybridized carbons (Fsp3) is 0.250. The van der Waals surface area contributed by atoms with E-state index in [9.17, 15) is 4.79 Å². The normalized spacial score (nSPS) is 11.5. The van der Waals surface area contributed by atoms with Crippen LogP contribution in [-0.2, 0) is 4.79 Å². The fourth-order valence-electron chi connectivity index (χ4n) is 3.38. The van der Waals surface area contributed by atoms with Gasteiger partial charge in [-0.2, -0.15) is 5.26 Å². The zero-order valence-electron chi connectivity index (χ0n) is 17.2. The minimum atomic E-state index is -0.0524. The summed E-state index contributed by atoms with van der Waals surface area (Å²) in [7, 11) is 1.59. The summed E-state index contributed by atoms with van der Waals surface area (Å²) in [6, 6.07) is 22.2. The van der Waals surface area contributed by atoms with Crippen molar-refractivity contribution in [2.24, 2.45) is 0 Å². The zero-order chi connectivity index (χ0) is 21.3. The van der Waals surface area contributed by atoms with Gasteiger partial charge in [0.25, 0.3) is 5.91 Å². The molecule has 5 nitrogen and oxygen atoms in total. The SMILES string of the molecule is COc1ccccc1N(CCC#N)C(=O)C[NH2+][C@@H](c1ccc(C)cc1)c1cccs1. The molecule has 0 aliphatic rings. The number of nitrogens with zero attached hydrogens (tertiary/aromatic N) is 2. The van der Waals surface area contributed by atoms with Gasteiger partial charge >= 0.3 is 0 Å². The Morgan fingerprint density at radius 3 is 2.60 bits per heavy atom. The highest BCUT2D eigenvalue weighted by Gasteiger charge is 2.24. The Morgan fingerprint density at radius 2 is 1.93 bits per heavy atom. The Morgan fingerprint density at radius 1 is 1.17 bits per heavy atom. The van der Waals surface area contributed by atoms with Crippen LogP contribution >= 0.6 is 11.3 Å². The summed E-state index contributed by atoms with van der Waals surface area (Å²) < 4.78 is 5.44. The highest BCUT2D eigenvalue weighted by atomic mass is 32.1. The molecule has 2 aromatic carbocycles. The fourth-order valence-corrected chi connectivity index (χ4v) is 4.23. The van der Waals surface area contributed by atoms with E-state index >= 15 is 0 Å². The molecule has 0 radical (unpaired) electrons. The summed E-state index contributed by atoms with van der Waals surface area (Å²) in [4.78, 5) is 16.1. The Kier molecular flexibility index (Phi) is 7.61. The molecular formula is C24H26N3O2S+. The monoisotopic (exact) mass is 420 g/mol. The number of quaternary nitrogens is 1. The van der Waals surface area contributed by atoms with Crippen molar-refractivity contribution in [2.45, 2.75) is 19.4 Å². The lowest BCUT2D eigenvalue weighted by Crippen LogP contribution is -2.87. The van der Waals surface area contributed by atoms with Gasteiger partial charge in [0.15, 0.2) is 6.54 Å². The molecule has 0 saturated carbocycles. The van der Waals surface area contributed by atoms with Crippen molar-refractivity contribution >= 4 is 22.9 Å². The molecule has 0 bridgehead atoms. The van der Waals surface area contributed by atoms with Crippen LogP contribution in [0.5, 0.6) is 5.75 Å². The van der Waals surface area contributed by atoms with Gasteiger partial charge in [-0.3, -0.25) is 4.79 Å². The van der Waals surface area contributed by atoms with Crippen LogP contribution < -0.4 is 15.0 Å². The van der Waals surface area contributed by atoms with E-state index in [2.05, 4.69) is 54.0 Å². The van der Waals surface area contributed by atoms with Crippen molar-refractivity contribution in [1.82, 2.24) is 0 Å². The third-order valence-electron chi connectivity index (χ3n) is 4.94. The number of benzene rings is 2. The maximum atomic E-state index is 13.2. The molecule has 1 amide bonds. The Labute approximate surface area is 181 Å². The first-order valence-electron chi connectivity index (χ1n) is 9.87. The number of ether oxygens (including phenoxy) is 1. The minimum absolute atomic E-state index is 0.0463. The topological polar surface area (TPSA) is 69.9 Å². The average molecular weight is 421 g/mol. The molecule has 30 heavy (non-hydrogen) atoms. The number of hydrogen-bond donors (Lipinski definition) is 1. The lowest BCUT2D eigenvalue weighted by Gasteiger charge is -2.24. The highest BCUT2D eigenvalue weighted by Crippen LogP contribution is 2.28. The largest absolute Gasteiger partial charge is 0.495 e. The van der Waals surface area contributed by atoms with Crippen LogP contribution in [0, 0.1) is 18.3 Å². The number of carbonyl (C=O) groups excluding carboxylic acids is 1. The number of methoxy groups -OCH3 is 1. The summed E-state index contributed by atoms with van der Waals surface area (Å²) in [5.41, 5.74) is 3.06. The third-order valence-corrected chi connectivity index (χ3v) is 5.89. The molecule has 1 heterocycles. The predicted octanol–water partition coefficient (Wildman–Crippen LogP) is 3.66. The van der Waals surface area contributed by atoms with Gasteiger partial charge in [-0.25, -0.2) is 0 Å². The Hall–Kier alpha value is -3.14. The number of hydrogen-bond acceptors (Lipinski definition) is 4. The number of carbonyl (C=O) groups is 1. The number of rotatable bonds is 9. The van der Waals surface area contributed by atoms with Gasteiger partial charge in [0, 0.05) is 12.1 Å². The molecule has 0 fully saturated rings. The van der Waals surface area contributed by atoms with E-state index in [1.54, 1.807) is 23.3 Å². The van der Waals surface area contributed by atoms with Crippen LogP contribution in [0.15, 0.2) is 66.0 Å². The Bertz CT molecular complexity index is 994. The third kappa shape index (κ3) is 5.26.